The van der Waals surface area contributed by atoms with Gasteiger partial charge in [-0.25, -0.2) is 0 Å². The van der Waals surface area contributed by atoms with Crippen molar-refractivity contribution < 1.29 is 4.79 Å². The highest BCUT2D eigenvalue weighted by Crippen LogP contribution is 2.29. The van der Waals surface area contributed by atoms with Crippen LogP contribution in [0.1, 0.15) is 15.9 Å². The molecule has 5 heteroatoms. The van der Waals surface area contributed by atoms with Crippen LogP contribution >= 0.6 is 39.1 Å². The fraction of sp³-hybridized carbons (Fsp3) is 0.111. The molecule has 0 aliphatic rings. The van der Waals surface area contributed by atoms with Gasteiger partial charge in [0, 0.05) is 5.56 Å². The fourth-order valence-corrected chi connectivity index (χ4v) is 1.70. The van der Waals surface area contributed by atoms with Gasteiger partial charge in [-0.3, -0.25) is 4.79 Å². The maximum Gasteiger partial charge on any atom is 0.174 e. The van der Waals surface area contributed by atoms with E-state index in [1.54, 1.807) is 0 Å². The molecule has 0 saturated heterocycles. The predicted octanol–water partition coefficient (Wildman–Crippen LogP) is 3.44. The normalized spacial score (nSPS) is 9.57. The molecule has 0 heterocycles. The highest BCUT2D eigenvalue weighted by Gasteiger charge is 2.14. The summed E-state index contributed by atoms with van der Waals surface area (Å²) in [6.45, 7) is 0. The zero-order valence-electron chi connectivity index (χ0n) is 6.85. The Morgan fingerprint density at radius 2 is 2.07 bits per heavy atom. The summed E-state index contributed by atoms with van der Waals surface area (Å²) in [5.41, 5.74) is 0.593. The van der Waals surface area contributed by atoms with Gasteiger partial charge in [0.25, 0.3) is 0 Å². The molecule has 0 atom stereocenters. The van der Waals surface area contributed by atoms with Crippen LogP contribution in [0.2, 0.25) is 10.0 Å². The molecule has 0 aromatic heterocycles. The van der Waals surface area contributed by atoms with Crippen molar-refractivity contribution in [3.8, 4) is 6.07 Å². The molecule has 72 valence electrons. The van der Waals surface area contributed by atoms with E-state index in [4.69, 9.17) is 28.5 Å². The van der Waals surface area contributed by atoms with Crippen LogP contribution in [0.4, 0.5) is 0 Å². The molecule has 0 saturated carbocycles. The average molecular weight is 293 g/mol. The van der Waals surface area contributed by atoms with Gasteiger partial charge in [0.05, 0.1) is 20.9 Å². The number of carbonyl (C=O) groups is 1. The van der Waals surface area contributed by atoms with Gasteiger partial charge in [-0.15, -0.1) is 0 Å². The lowest BCUT2D eigenvalue weighted by Crippen LogP contribution is -2.01. The van der Waals surface area contributed by atoms with Gasteiger partial charge >= 0.3 is 0 Å². The lowest BCUT2D eigenvalue weighted by Gasteiger charge is -2.03. The molecule has 0 amide bonds. The summed E-state index contributed by atoms with van der Waals surface area (Å²) < 4.78 is 0. The van der Waals surface area contributed by atoms with E-state index in [-0.39, 0.29) is 26.7 Å². The maximum atomic E-state index is 11.3. The second-order valence-corrected chi connectivity index (χ2v) is 3.77. The van der Waals surface area contributed by atoms with E-state index < -0.39 is 0 Å². The molecule has 14 heavy (non-hydrogen) atoms. The second-order valence-electron chi connectivity index (χ2n) is 2.46. The number of rotatable bonds is 2. The highest BCUT2D eigenvalue weighted by molar-refractivity contribution is 9.09. The third-order valence-corrected chi connectivity index (χ3v) is 3.02. The number of benzene rings is 1. The SMILES string of the molecule is N#Cc1ccc(C(=O)CBr)c(Cl)c1Cl. The first-order chi connectivity index (χ1) is 6.61. The summed E-state index contributed by atoms with van der Waals surface area (Å²) in [5, 5.41) is 9.08. The summed E-state index contributed by atoms with van der Waals surface area (Å²) in [6, 6.07) is 4.85. The van der Waals surface area contributed by atoms with E-state index in [2.05, 4.69) is 15.9 Å². The zero-order valence-corrected chi connectivity index (χ0v) is 9.95. The zero-order chi connectivity index (χ0) is 10.7. The van der Waals surface area contributed by atoms with E-state index in [9.17, 15) is 4.79 Å². The number of carbonyl (C=O) groups excluding carboxylic acids is 1. The standard InChI is InChI=1S/C9H4BrCl2NO/c10-3-7(14)6-2-1-5(4-13)8(11)9(6)12/h1-2H,3H2. The number of hydrogen-bond donors (Lipinski definition) is 0. The quantitative estimate of drug-likeness (QED) is 0.619. The summed E-state index contributed by atoms with van der Waals surface area (Å²) in [5.74, 6) is -0.165. The van der Waals surface area contributed by atoms with Gasteiger partial charge in [-0.05, 0) is 12.1 Å². The van der Waals surface area contributed by atoms with E-state index >= 15 is 0 Å². The Morgan fingerprint density at radius 3 is 2.57 bits per heavy atom. The minimum atomic E-state index is -0.165. The van der Waals surface area contributed by atoms with Gasteiger partial charge in [0.2, 0.25) is 0 Å². The van der Waals surface area contributed by atoms with Gasteiger partial charge in [-0.1, -0.05) is 39.1 Å². The monoisotopic (exact) mass is 291 g/mol. The number of alkyl halides is 1. The molecule has 0 unspecified atom stereocenters. The third kappa shape index (κ3) is 2.09. The Bertz CT molecular complexity index is 426. The Hall–Kier alpha value is -0.560. The first-order valence-corrected chi connectivity index (χ1v) is 5.46. The summed E-state index contributed by atoms with van der Waals surface area (Å²) in [6.07, 6.45) is 0. The van der Waals surface area contributed by atoms with Crippen molar-refractivity contribution in [1.29, 1.82) is 5.26 Å². The van der Waals surface area contributed by atoms with Crippen molar-refractivity contribution in [2.45, 2.75) is 0 Å². The number of nitrogens with zero attached hydrogens (tertiary/aromatic N) is 1. The minimum Gasteiger partial charge on any atom is -0.293 e. The third-order valence-electron chi connectivity index (χ3n) is 1.62. The number of hydrogen-bond acceptors (Lipinski definition) is 2. The second kappa shape index (κ2) is 4.79. The molecule has 0 bridgehead atoms. The van der Waals surface area contributed by atoms with Crippen LogP contribution in [0.15, 0.2) is 12.1 Å². The lowest BCUT2D eigenvalue weighted by atomic mass is 10.1. The Labute approximate surface area is 99.6 Å². The molecular weight excluding hydrogens is 289 g/mol. The van der Waals surface area contributed by atoms with Gasteiger partial charge in [-0.2, -0.15) is 5.26 Å². The molecule has 1 aromatic rings. The van der Waals surface area contributed by atoms with Gasteiger partial charge in [0.15, 0.2) is 5.78 Å². The van der Waals surface area contributed by atoms with Gasteiger partial charge < -0.3 is 0 Å². The van der Waals surface area contributed by atoms with Crippen LogP contribution in [0, 0.1) is 11.3 Å². The number of halogens is 3. The maximum absolute atomic E-state index is 11.3. The average Bonchev–Trinajstić information content (AvgIpc) is 2.21. The molecular formula is C9H4BrCl2NO. The number of ketones is 1. The van der Waals surface area contributed by atoms with Gasteiger partial charge in [0.1, 0.15) is 6.07 Å². The van der Waals surface area contributed by atoms with E-state index in [1.807, 2.05) is 6.07 Å². The number of nitriles is 1. The Kier molecular flexibility index (Phi) is 3.94. The van der Waals surface area contributed by atoms with Crippen LogP contribution in [0.5, 0.6) is 0 Å². The Morgan fingerprint density at radius 1 is 1.43 bits per heavy atom. The molecule has 0 N–H and O–H groups in total. The van der Waals surface area contributed by atoms with Crippen molar-refractivity contribution in [3.63, 3.8) is 0 Å². The van der Waals surface area contributed by atoms with Crippen molar-refractivity contribution >= 4 is 44.9 Å². The highest BCUT2D eigenvalue weighted by atomic mass is 79.9. The smallest absolute Gasteiger partial charge is 0.174 e. The van der Waals surface area contributed by atoms with E-state index in [0.717, 1.165) is 0 Å². The first-order valence-electron chi connectivity index (χ1n) is 3.59. The van der Waals surface area contributed by atoms with Crippen LogP contribution in [0.3, 0.4) is 0 Å². The molecule has 0 aliphatic carbocycles. The lowest BCUT2D eigenvalue weighted by molar-refractivity contribution is 0.102. The molecule has 0 radical (unpaired) electrons. The van der Waals surface area contributed by atoms with Crippen molar-refractivity contribution in [2.75, 3.05) is 5.33 Å². The van der Waals surface area contributed by atoms with E-state index in [0.29, 0.717) is 5.56 Å². The number of Topliss-reactive ketones (excluding diaryl/α,β-unsaturated/α-hetero) is 1. The predicted molar refractivity (Wildman–Crippen MR) is 59.3 cm³/mol. The first kappa shape index (κ1) is 11.5. The molecule has 1 aromatic carbocycles. The van der Waals surface area contributed by atoms with Crippen molar-refractivity contribution in [2.24, 2.45) is 0 Å². The topological polar surface area (TPSA) is 40.9 Å². The van der Waals surface area contributed by atoms with Crippen LogP contribution in [-0.4, -0.2) is 11.1 Å². The van der Waals surface area contributed by atoms with E-state index in [1.165, 1.54) is 12.1 Å². The van der Waals surface area contributed by atoms with Crippen molar-refractivity contribution in [1.82, 2.24) is 0 Å². The largest absolute Gasteiger partial charge is 0.293 e. The summed E-state index contributed by atoms with van der Waals surface area (Å²) in [7, 11) is 0. The van der Waals surface area contributed by atoms with Crippen molar-refractivity contribution in [3.05, 3.63) is 33.3 Å². The summed E-state index contributed by atoms with van der Waals surface area (Å²) >= 11 is 14.6. The van der Waals surface area contributed by atoms with Crippen LogP contribution in [-0.2, 0) is 0 Å². The molecule has 2 nitrogen and oxygen atoms in total. The fourth-order valence-electron chi connectivity index (χ4n) is 0.923. The molecule has 0 spiro atoms. The molecule has 1 rings (SSSR count). The Balaban J connectivity index is 3.33. The van der Waals surface area contributed by atoms with Crippen LogP contribution < -0.4 is 0 Å². The van der Waals surface area contributed by atoms with Crippen LogP contribution in [0.25, 0.3) is 0 Å². The minimum absolute atomic E-state index is 0.126. The summed E-state index contributed by atoms with van der Waals surface area (Å²) in [4.78, 5) is 11.3. The molecule has 0 aliphatic heterocycles. The molecule has 0 fully saturated rings.